The molecule has 3 N–H and O–H groups in total. The van der Waals surface area contributed by atoms with E-state index in [1.165, 1.54) is 0 Å². The number of rotatable bonds is 0. The first-order valence-electron chi connectivity index (χ1n) is 1.46. The van der Waals surface area contributed by atoms with Crippen molar-refractivity contribution in [3.8, 4) is 0 Å². The van der Waals surface area contributed by atoms with Crippen molar-refractivity contribution < 1.29 is 88.0 Å². The number of aliphatic carboxylic acids is 1. The van der Waals surface area contributed by atoms with Crippen LogP contribution in [0.1, 0.15) is 12.6 Å². The van der Waals surface area contributed by atoms with Gasteiger partial charge in [-0.15, -0.1) is 0 Å². The molecule has 0 bridgehead atoms. The van der Waals surface area contributed by atoms with E-state index < -0.39 is 17.3 Å². The number of carboxylic acid groups (broad SMARTS) is 1. The van der Waals surface area contributed by atoms with Crippen molar-refractivity contribution in [2.24, 2.45) is 0 Å². The van der Waals surface area contributed by atoms with Gasteiger partial charge in [0.2, 0.25) is 0 Å². The van der Waals surface area contributed by atoms with Gasteiger partial charge in [-0.2, -0.15) is 4.21 Å². The zero-order valence-electron chi connectivity index (χ0n) is 10.8. The van der Waals surface area contributed by atoms with E-state index in [-0.39, 0.29) is 103 Å². The molecule has 0 amide bonds. The van der Waals surface area contributed by atoms with Gasteiger partial charge in [-0.25, -0.2) is 0 Å². The number of hydrogen-bond acceptors (Lipinski definition) is 2. The SMILES string of the molecule is CC(=O)O.O=S(O)O.[Ca+2].[H-].[H-].[H-].[H-].[Na+].[Na+]. The summed E-state index contributed by atoms with van der Waals surface area (Å²) >= 11 is -2.61. The third kappa shape index (κ3) is 190. The predicted octanol–water partition coefficient (Wildman–Crippen LogP) is -6.15. The minimum Gasteiger partial charge on any atom is -1.00 e. The first kappa shape index (κ1) is 29.2. The van der Waals surface area contributed by atoms with E-state index in [2.05, 4.69) is 0 Å². The topological polar surface area (TPSA) is 94.8 Å². The van der Waals surface area contributed by atoms with Crippen molar-refractivity contribution in [1.82, 2.24) is 0 Å². The van der Waals surface area contributed by atoms with Crippen molar-refractivity contribution in [2.45, 2.75) is 6.92 Å². The minimum absolute atomic E-state index is 0. The molecule has 11 heavy (non-hydrogen) atoms. The molecule has 5 nitrogen and oxygen atoms in total. The van der Waals surface area contributed by atoms with Crippen molar-refractivity contribution in [1.29, 1.82) is 0 Å². The Bertz CT molecular complexity index is 93.0. The van der Waals surface area contributed by atoms with Gasteiger partial charge in [-0.1, -0.05) is 0 Å². The van der Waals surface area contributed by atoms with Crippen molar-refractivity contribution in [3.05, 3.63) is 0 Å². The minimum atomic E-state index is -2.61. The van der Waals surface area contributed by atoms with Gasteiger partial charge < -0.3 is 10.8 Å². The second-order valence-corrected chi connectivity index (χ2v) is 1.21. The van der Waals surface area contributed by atoms with Crippen LogP contribution in [0.5, 0.6) is 0 Å². The molecule has 0 aliphatic heterocycles. The molecule has 0 aromatic carbocycles. The summed E-state index contributed by atoms with van der Waals surface area (Å²) in [5.74, 6) is -0.833. The molecule has 0 aromatic rings. The Morgan fingerprint density at radius 2 is 1.36 bits per heavy atom. The average Bonchev–Trinajstić information content (AvgIpc) is 1.25. The van der Waals surface area contributed by atoms with E-state index in [1.807, 2.05) is 0 Å². The number of carboxylic acids is 1. The molecule has 0 unspecified atom stereocenters. The van der Waals surface area contributed by atoms with E-state index >= 15 is 0 Å². The summed E-state index contributed by atoms with van der Waals surface area (Å²) in [5.41, 5.74) is 0. The predicted molar refractivity (Wildman–Crippen MR) is 36.9 cm³/mol. The van der Waals surface area contributed by atoms with Crippen LogP contribution in [0.15, 0.2) is 0 Å². The molecular weight excluding hydrogens is 222 g/mol. The second kappa shape index (κ2) is 23.0. The molecule has 9 heteroatoms. The maximum atomic E-state index is 9.00. The van der Waals surface area contributed by atoms with Gasteiger partial charge in [0.1, 0.15) is 0 Å². The summed E-state index contributed by atoms with van der Waals surface area (Å²) in [6.07, 6.45) is 0. The van der Waals surface area contributed by atoms with Crippen LogP contribution in [0.25, 0.3) is 0 Å². The normalized spacial score (nSPS) is 5.45. The van der Waals surface area contributed by atoms with Crippen molar-refractivity contribution >= 4 is 55.1 Å². The molecular formula is C2H10CaNa2O5S. The molecule has 0 saturated heterocycles. The van der Waals surface area contributed by atoms with E-state index in [4.69, 9.17) is 23.2 Å². The van der Waals surface area contributed by atoms with Crippen LogP contribution in [0.4, 0.5) is 0 Å². The fourth-order valence-electron chi connectivity index (χ4n) is 0. The fourth-order valence-corrected chi connectivity index (χ4v) is 0. The maximum absolute atomic E-state index is 9.00. The van der Waals surface area contributed by atoms with Gasteiger partial charge in [0, 0.05) is 6.92 Å². The maximum Gasteiger partial charge on any atom is 2.00 e. The van der Waals surface area contributed by atoms with Crippen molar-refractivity contribution in [2.75, 3.05) is 0 Å². The van der Waals surface area contributed by atoms with Crippen molar-refractivity contribution in [3.63, 3.8) is 0 Å². The molecule has 0 radical (unpaired) electrons. The Balaban J connectivity index is -0.00000000468. The van der Waals surface area contributed by atoms with Gasteiger partial charge in [0.25, 0.3) is 17.3 Å². The zero-order chi connectivity index (χ0) is 7.15. The first-order valence-corrected chi connectivity index (χ1v) is 2.52. The van der Waals surface area contributed by atoms with E-state index in [1.54, 1.807) is 0 Å². The molecule has 0 heterocycles. The largest absolute Gasteiger partial charge is 2.00 e. The van der Waals surface area contributed by atoms with E-state index in [9.17, 15) is 0 Å². The molecule has 0 atom stereocenters. The van der Waals surface area contributed by atoms with Crippen LogP contribution in [-0.4, -0.2) is 62.1 Å². The zero-order valence-corrected chi connectivity index (χ0v) is 13.8. The van der Waals surface area contributed by atoms with Gasteiger partial charge >= 0.3 is 96.9 Å². The van der Waals surface area contributed by atoms with Crippen LogP contribution in [0, 0.1) is 0 Å². The Morgan fingerprint density at radius 3 is 1.36 bits per heavy atom. The third-order valence-electron chi connectivity index (χ3n) is 0. The molecule has 0 rings (SSSR count). The summed E-state index contributed by atoms with van der Waals surface area (Å²) < 4.78 is 22.8. The summed E-state index contributed by atoms with van der Waals surface area (Å²) in [6, 6.07) is 0. The van der Waals surface area contributed by atoms with Gasteiger partial charge in [0.05, 0.1) is 0 Å². The molecule has 0 saturated carbocycles. The molecule has 58 valence electrons. The molecule has 0 aliphatic carbocycles. The smallest absolute Gasteiger partial charge is 1.00 e. The van der Waals surface area contributed by atoms with Crippen LogP contribution in [-0.2, 0) is 16.2 Å². The Kier molecular flexibility index (Phi) is 61.1. The average molecular weight is 232 g/mol. The van der Waals surface area contributed by atoms with E-state index in [0.717, 1.165) is 6.92 Å². The van der Waals surface area contributed by atoms with Gasteiger partial charge in [-0.05, 0) is 0 Å². The monoisotopic (exact) mass is 232 g/mol. The Labute approximate surface area is 147 Å². The van der Waals surface area contributed by atoms with Crippen LogP contribution in [0.3, 0.4) is 0 Å². The molecule has 0 aromatic heterocycles. The fraction of sp³-hybridized carbons (Fsp3) is 0.500. The number of hydrogen-bond donors (Lipinski definition) is 3. The van der Waals surface area contributed by atoms with Crippen LogP contribution in [0.2, 0.25) is 0 Å². The summed E-state index contributed by atoms with van der Waals surface area (Å²) in [5, 5.41) is 7.42. The Morgan fingerprint density at radius 1 is 1.36 bits per heavy atom. The van der Waals surface area contributed by atoms with E-state index in [0.29, 0.717) is 0 Å². The molecule has 0 spiro atoms. The van der Waals surface area contributed by atoms with Gasteiger partial charge in [-0.3, -0.25) is 13.9 Å². The quantitative estimate of drug-likeness (QED) is 0.285. The Hall–Kier alpha value is 2.80. The summed E-state index contributed by atoms with van der Waals surface area (Å²) in [7, 11) is 0. The summed E-state index contributed by atoms with van der Waals surface area (Å²) in [4.78, 5) is 9.00. The summed E-state index contributed by atoms with van der Waals surface area (Å²) in [6.45, 7) is 1.08. The molecule has 0 fully saturated rings. The first-order chi connectivity index (χ1) is 3.46. The standard InChI is InChI=1S/C2H4O2.Ca.2Na.H2O3S.4H/c1-2(3)4;;;;1-4(2)3;;;;/h1H3,(H,3,4);;;;(H2,1,2,3);;;;/q;+2;2*+1;;4*-1. The second-order valence-electron chi connectivity index (χ2n) is 0.750. The van der Waals surface area contributed by atoms with Crippen LogP contribution < -0.4 is 59.1 Å². The third-order valence-corrected chi connectivity index (χ3v) is 0. The van der Waals surface area contributed by atoms with Gasteiger partial charge in [0.15, 0.2) is 0 Å². The van der Waals surface area contributed by atoms with Crippen LogP contribution >= 0.6 is 0 Å². The molecule has 0 aliphatic rings. The number of carbonyl (C=O) groups is 1.